The van der Waals surface area contributed by atoms with Gasteiger partial charge in [0.15, 0.2) is 5.82 Å². The summed E-state index contributed by atoms with van der Waals surface area (Å²) in [6.07, 6.45) is 16.4. The van der Waals surface area contributed by atoms with Crippen LogP contribution in [0.4, 0.5) is 4.39 Å². The van der Waals surface area contributed by atoms with E-state index in [1.807, 2.05) is 42.7 Å². The van der Waals surface area contributed by atoms with Gasteiger partial charge in [0.2, 0.25) is 0 Å². The summed E-state index contributed by atoms with van der Waals surface area (Å²) >= 11 is 0. The molecule has 1 aromatic heterocycles. The van der Waals surface area contributed by atoms with E-state index in [1.165, 1.54) is 18.9 Å². The van der Waals surface area contributed by atoms with Gasteiger partial charge in [-0.05, 0) is 61.9 Å². The van der Waals surface area contributed by atoms with Crippen molar-refractivity contribution in [2.75, 3.05) is 13.2 Å². The molecule has 1 atom stereocenters. The molecule has 0 aliphatic carbocycles. The molecule has 0 aliphatic rings. The summed E-state index contributed by atoms with van der Waals surface area (Å²) in [5.74, 6) is 0.859. The Kier molecular flexibility index (Phi) is 11.3. The average Bonchev–Trinajstić information content (AvgIpc) is 2.90. The number of unbranched alkanes of at least 4 members (excludes halogenated alkanes) is 3. The third kappa shape index (κ3) is 8.72. The van der Waals surface area contributed by atoms with Crippen molar-refractivity contribution in [3.8, 4) is 28.0 Å². The molecule has 0 N–H and O–H groups in total. The maximum Gasteiger partial charge on any atom is 0.151 e. The van der Waals surface area contributed by atoms with E-state index in [9.17, 15) is 4.39 Å². The van der Waals surface area contributed by atoms with E-state index in [4.69, 9.17) is 9.47 Å². The standard InChI is InChI=1S/C31H37FN2O2/c1-4-6-10-20-35-24(3)11-8-7-9-12-31-33-22-27(23-34-31)25-13-15-26(16-14-25)29-18-17-28(21-30(29)32)36-19-5-2/h5,9,12-18,21-24H,2,4,6-8,10-11,19-20H2,1,3H3. The lowest BCUT2D eigenvalue weighted by Crippen LogP contribution is -2.08. The molecule has 2 aromatic carbocycles. The zero-order valence-corrected chi connectivity index (χ0v) is 21.5. The molecular weight excluding hydrogens is 451 g/mol. The van der Waals surface area contributed by atoms with Crippen molar-refractivity contribution in [1.29, 1.82) is 0 Å². The van der Waals surface area contributed by atoms with Crippen LogP contribution in [0.3, 0.4) is 0 Å². The van der Waals surface area contributed by atoms with Crippen molar-refractivity contribution in [3.63, 3.8) is 0 Å². The van der Waals surface area contributed by atoms with Gasteiger partial charge in [-0.15, -0.1) is 0 Å². The molecule has 190 valence electrons. The number of nitrogens with zero attached hydrogens (tertiary/aromatic N) is 2. The minimum Gasteiger partial charge on any atom is -0.489 e. The first-order valence-corrected chi connectivity index (χ1v) is 12.8. The van der Waals surface area contributed by atoms with Gasteiger partial charge in [0, 0.05) is 36.2 Å². The van der Waals surface area contributed by atoms with Gasteiger partial charge < -0.3 is 9.47 Å². The zero-order valence-electron chi connectivity index (χ0n) is 21.5. The summed E-state index contributed by atoms with van der Waals surface area (Å²) < 4.78 is 25.8. The third-order valence-corrected chi connectivity index (χ3v) is 5.91. The molecule has 3 rings (SSSR count). The smallest absolute Gasteiger partial charge is 0.151 e. The van der Waals surface area contributed by atoms with Crippen molar-refractivity contribution in [3.05, 3.63) is 85.2 Å². The number of benzene rings is 2. The van der Waals surface area contributed by atoms with Crippen molar-refractivity contribution in [1.82, 2.24) is 9.97 Å². The van der Waals surface area contributed by atoms with Crippen LogP contribution in [0.5, 0.6) is 5.75 Å². The molecule has 1 heterocycles. The highest BCUT2D eigenvalue weighted by Gasteiger charge is 2.08. The van der Waals surface area contributed by atoms with Gasteiger partial charge in [0.05, 0.1) is 6.10 Å². The van der Waals surface area contributed by atoms with E-state index in [0.717, 1.165) is 49.0 Å². The fourth-order valence-electron chi connectivity index (χ4n) is 3.82. The van der Waals surface area contributed by atoms with Crippen molar-refractivity contribution in [2.45, 2.75) is 58.5 Å². The van der Waals surface area contributed by atoms with Crippen LogP contribution in [0.1, 0.15) is 58.2 Å². The minimum absolute atomic E-state index is 0.310. The summed E-state index contributed by atoms with van der Waals surface area (Å²) in [5.41, 5.74) is 3.23. The molecule has 0 fully saturated rings. The summed E-state index contributed by atoms with van der Waals surface area (Å²) in [6.45, 7) is 9.17. The van der Waals surface area contributed by atoms with Crippen LogP contribution in [0.15, 0.2) is 73.6 Å². The number of hydrogen-bond acceptors (Lipinski definition) is 4. The molecule has 0 bridgehead atoms. The normalized spacial score (nSPS) is 12.1. The van der Waals surface area contributed by atoms with E-state index < -0.39 is 0 Å². The fraction of sp³-hybridized carbons (Fsp3) is 0.355. The van der Waals surface area contributed by atoms with Gasteiger partial charge in [0.1, 0.15) is 18.2 Å². The third-order valence-electron chi connectivity index (χ3n) is 5.91. The first-order valence-electron chi connectivity index (χ1n) is 12.8. The summed E-state index contributed by atoms with van der Waals surface area (Å²) in [6, 6.07) is 12.6. The number of rotatable bonds is 15. The topological polar surface area (TPSA) is 44.2 Å². The number of hydrogen-bond donors (Lipinski definition) is 0. The van der Waals surface area contributed by atoms with Crippen LogP contribution in [0, 0.1) is 5.82 Å². The van der Waals surface area contributed by atoms with Crippen LogP contribution >= 0.6 is 0 Å². The summed E-state index contributed by atoms with van der Waals surface area (Å²) in [4.78, 5) is 8.94. The average molecular weight is 489 g/mol. The minimum atomic E-state index is -0.322. The van der Waals surface area contributed by atoms with Gasteiger partial charge in [-0.3, -0.25) is 0 Å². The van der Waals surface area contributed by atoms with Crippen molar-refractivity contribution >= 4 is 6.08 Å². The Morgan fingerprint density at radius 2 is 1.72 bits per heavy atom. The Morgan fingerprint density at radius 1 is 0.972 bits per heavy atom. The molecule has 0 aliphatic heterocycles. The Bertz CT molecular complexity index is 1090. The van der Waals surface area contributed by atoms with E-state index in [2.05, 4.69) is 36.5 Å². The van der Waals surface area contributed by atoms with Crippen LogP contribution in [0.2, 0.25) is 0 Å². The van der Waals surface area contributed by atoms with Crippen molar-refractivity contribution < 1.29 is 13.9 Å². The maximum absolute atomic E-state index is 14.6. The second-order valence-electron chi connectivity index (χ2n) is 8.87. The Balaban J connectivity index is 1.49. The Labute approximate surface area is 214 Å². The van der Waals surface area contributed by atoms with Crippen LogP contribution in [-0.4, -0.2) is 29.3 Å². The first kappa shape index (κ1) is 27.3. The molecule has 5 heteroatoms. The van der Waals surface area contributed by atoms with E-state index in [1.54, 1.807) is 18.2 Å². The van der Waals surface area contributed by atoms with E-state index in [-0.39, 0.29) is 5.82 Å². The lowest BCUT2D eigenvalue weighted by Gasteiger charge is -2.11. The number of halogens is 1. The Morgan fingerprint density at radius 3 is 2.42 bits per heavy atom. The Hall–Kier alpha value is -3.31. The van der Waals surface area contributed by atoms with Gasteiger partial charge in [-0.1, -0.05) is 62.8 Å². The zero-order chi connectivity index (χ0) is 25.6. The van der Waals surface area contributed by atoms with E-state index in [0.29, 0.717) is 29.8 Å². The van der Waals surface area contributed by atoms with Gasteiger partial charge >= 0.3 is 0 Å². The predicted octanol–water partition coefficient (Wildman–Crippen LogP) is 8.29. The SMILES string of the molecule is C=CCOc1ccc(-c2ccc(-c3cnc(C=CCCCC(C)OCCCCC)nc3)cc2)c(F)c1. The number of allylic oxidation sites excluding steroid dienone is 1. The molecule has 0 saturated carbocycles. The maximum atomic E-state index is 14.6. The molecule has 4 nitrogen and oxygen atoms in total. The highest BCUT2D eigenvalue weighted by atomic mass is 19.1. The van der Waals surface area contributed by atoms with E-state index >= 15 is 0 Å². The number of ether oxygens (including phenoxy) is 2. The van der Waals surface area contributed by atoms with Crippen LogP contribution in [0.25, 0.3) is 28.3 Å². The fourth-order valence-corrected chi connectivity index (χ4v) is 3.82. The predicted molar refractivity (Wildman–Crippen MR) is 146 cm³/mol. The lowest BCUT2D eigenvalue weighted by molar-refractivity contribution is 0.0566. The van der Waals surface area contributed by atoms with Crippen LogP contribution in [-0.2, 0) is 4.74 Å². The molecule has 1 unspecified atom stereocenters. The van der Waals surface area contributed by atoms with Gasteiger partial charge in [-0.25, -0.2) is 14.4 Å². The molecule has 3 aromatic rings. The highest BCUT2D eigenvalue weighted by molar-refractivity contribution is 5.70. The van der Waals surface area contributed by atoms with Crippen LogP contribution < -0.4 is 4.74 Å². The van der Waals surface area contributed by atoms with Gasteiger partial charge in [-0.2, -0.15) is 0 Å². The molecule has 0 spiro atoms. The summed E-state index contributed by atoms with van der Waals surface area (Å²) in [7, 11) is 0. The molecular formula is C31H37FN2O2. The second kappa shape index (κ2) is 14.9. The largest absolute Gasteiger partial charge is 0.489 e. The molecule has 0 saturated heterocycles. The summed E-state index contributed by atoms with van der Waals surface area (Å²) in [5, 5.41) is 0. The first-order chi connectivity index (χ1) is 17.6. The second-order valence-corrected chi connectivity index (χ2v) is 8.87. The lowest BCUT2D eigenvalue weighted by atomic mass is 10.0. The molecule has 36 heavy (non-hydrogen) atoms. The molecule has 0 radical (unpaired) electrons. The van der Waals surface area contributed by atoms with Crippen molar-refractivity contribution in [2.24, 2.45) is 0 Å². The quantitative estimate of drug-likeness (QED) is 0.159. The van der Waals surface area contributed by atoms with Gasteiger partial charge in [0.25, 0.3) is 0 Å². The molecule has 0 amide bonds. The monoisotopic (exact) mass is 488 g/mol. The number of aromatic nitrogens is 2. The highest BCUT2D eigenvalue weighted by Crippen LogP contribution is 2.28.